The van der Waals surface area contributed by atoms with Crippen molar-refractivity contribution in [1.29, 1.82) is 0 Å². The van der Waals surface area contributed by atoms with Gasteiger partial charge >= 0.3 is 0 Å². The molecule has 0 aliphatic heterocycles. The number of ether oxygens (including phenoxy) is 1. The molecule has 0 saturated heterocycles. The second kappa shape index (κ2) is 7.13. The zero-order chi connectivity index (χ0) is 16.9. The average molecular weight is 323 g/mol. The Morgan fingerprint density at radius 2 is 1.71 bits per heavy atom. The Morgan fingerprint density at radius 1 is 1.00 bits per heavy atom. The van der Waals surface area contributed by atoms with Crippen LogP contribution < -0.4 is 4.74 Å². The van der Waals surface area contributed by atoms with E-state index in [1.54, 1.807) is 24.1 Å². The molecule has 3 rings (SSSR count). The molecule has 0 N–H and O–H groups in total. The third kappa shape index (κ3) is 3.71. The number of hydrogen-bond donors (Lipinski definition) is 0. The van der Waals surface area contributed by atoms with Crippen molar-refractivity contribution >= 4 is 16.7 Å². The summed E-state index contributed by atoms with van der Waals surface area (Å²) in [5, 5.41) is 2.15. The monoisotopic (exact) mass is 323 g/mol. The quantitative estimate of drug-likeness (QED) is 0.706. The van der Waals surface area contributed by atoms with Gasteiger partial charge in [0, 0.05) is 12.6 Å². The maximum Gasteiger partial charge on any atom is 0.253 e. The summed E-state index contributed by atoms with van der Waals surface area (Å²) in [6, 6.07) is 19.5. The molecule has 0 heterocycles. The Hall–Kier alpha value is -2.88. The van der Waals surface area contributed by atoms with Crippen molar-refractivity contribution in [2.45, 2.75) is 0 Å². The smallest absolute Gasteiger partial charge is 0.253 e. The highest BCUT2D eigenvalue weighted by Crippen LogP contribution is 2.17. The van der Waals surface area contributed by atoms with Gasteiger partial charge in [-0.3, -0.25) is 4.79 Å². The molecule has 0 fully saturated rings. The van der Waals surface area contributed by atoms with Crippen molar-refractivity contribution < 1.29 is 13.9 Å². The van der Waals surface area contributed by atoms with Crippen molar-refractivity contribution in [1.82, 2.24) is 4.90 Å². The fraction of sp³-hybridized carbons (Fsp3) is 0.150. The lowest BCUT2D eigenvalue weighted by Gasteiger charge is -2.18. The number of halogens is 1. The second-order valence-electron chi connectivity index (χ2n) is 5.59. The molecule has 3 nitrogen and oxygen atoms in total. The zero-order valence-corrected chi connectivity index (χ0v) is 13.4. The highest BCUT2D eigenvalue weighted by molar-refractivity contribution is 5.98. The highest BCUT2D eigenvalue weighted by atomic mass is 19.1. The lowest BCUT2D eigenvalue weighted by molar-refractivity contribution is 0.0774. The molecular formula is C20H18FNO2. The lowest BCUT2D eigenvalue weighted by Crippen LogP contribution is -2.30. The van der Waals surface area contributed by atoms with Crippen molar-refractivity contribution in [2.24, 2.45) is 0 Å². The largest absolute Gasteiger partial charge is 0.492 e. The van der Waals surface area contributed by atoms with Crippen molar-refractivity contribution in [3.05, 3.63) is 78.1 Å². The molecule has 0 bridgehead atoms. The first-order valence-electron chi connectivity index (χ1n) is 7.76. The predicted octanol–water partition coefficient (Wildman–Crippen LogP) is 4.13. The van der Waals surface area contributed by atoms with Gasteiger partial charge in [-0.1, -0.05) is 30.3 Å². The summed E-state index contributed by atoms with van der Waals surface area (Å²) in [5.41, 5.74) is 0.651. The summed E-state index contributed by atoms with van der Waals surface area (Å²) in [6.45, 7) is 0.796. The van der Waals surface area contributed by atoms with Gasteiger partial charge in [-0.25, -0.2) is 4.39 Å². The van der Waals surface area contributed by atoms with Crippen LogP contribution in [0.5, 0.6) is 5.75 Å². The number of nitrogens with zero attached hydrogens (tertiary/aromatic N) is 1. The number of carbonyl (C=O) groups is 1. The van der Waals surface area contributed by atoms with E-state index in [1.165, 1.54) is 12.1 Å². The van der Waals surface area contributed by atoms with Crippen LogP contribution in [0.1, 0.15) is 10.4 Å². The maximum absolute atomic E-state index is 12.8. The zero-order valence-electron chi connectivity index (χ0n) is 13.4. The van der Waals surface area contributed by atoms with Gasteiger partial charge in [0.1, 0.15) is 18.2 Å². The molecule has 24 heavy (non-hydrogen) atoms. The minimum Gasteiger partial charge on any atom is -0.492 e. The maximum atomic E-state index is 12.8. The highest BCUT2D eigenvalue weighted by Gasteiger charge is 2.12. The summed E-state index contributed by atoms with van der Waals surface area (Å²) in [5.74, 6) is 0.234. The van der Waals surface area contributed by atoms with Crippen LogP contribution in [-0.4, -0.2) is 31.0 Å². The number of rotatable bonds is 5. The van der Waals surface area contributed by atoms with Gasteiger partial charge in [0.15, 0.2) is 0 Å². The molecule has 3 aromatic carbocycles. The molecule has 0 aliphatic carbocycles. The Bertz CT molecular complexity index is 846. The minimum atomic E-state index is -0.300. The number of carbonyl (C=O) groups excluding carboxylic acids is 1. The molecule has 0 atom stereocenters. The Labute approximate surface area is 140 Å². The number of amides is 1. The Kier molecular flexibility index (Phi) is 4.75. The van der Waals surface area contributed by atoms with Crippen LogP contribution in [0.2, 0.25) is 0 Å². The van der Waals surface area contributed by atoms with Crippen LogP contribution in [0.4, 0.5) is 4.39 Å². The molecule has 122 valence electrons. The van der Waals surface area contributed by atoms with Gasteiger partial charge in [0.05, 0.1) is 6.54 Å². The van der Waals surface area contributed by atoms with Gasteiger partial charge in [0.25, 0.3) is 5.91 Å². The molecular weight excluding hydrogens is 305 g/mol. The summed E-state index contributed by atoms with van der Waals surface area (Å²) in [6.07, 6.45) is 0. The van der Waals surface area contributed by atoms with Crippen molar-refractivity contribution in [3.63, 3.8) is 0 Å². The standard InChI is InChI=1S/C20H18FNO2/c1-22(12-13-24-19-10-8-18(21)9-11-19)20(23)17-7-6-15-4-2-3-5-16(15)14-17/h2-11,14H,12-13H2,1H3. The fourth-order valence-corrected chi connectivity index (χ4v) is 2.48. The normalized spacial score (nSPS) is 10.6. The van der Waals surface area contributed by atoms with Gasteiger partial charge in [0.2, 0.25) is 0 Å². The van der Waals surface area contributed by atoms with Crippen LogP contribution in [0.15, 0.2) is 66.7 Å². The van der Waals surface area contributed by atoms with E-state index >= 15 is 0 Å². The first-order valence-corrected chi connectivity index (χ1v) is 7.76. The van der Waals surface area contributed by atoms with Crippen molar-refractivity contribution in [3.8, 4) is 5.75 Å². The molecule has 0 aromatic heterocycles. The lowest BCUT2D eigenvalue weighted by atomic mass is 10.1. The van der Waals surface area contributed by atoms with Gasteiger partial charge in [-0.15, -0.1) is 0 Å². The van der Waals surface area contributed by atoms with E-state index < -0.39 is 0 Å². The molecule has 0 aliphatic rings. The van der Waals surface area contributed by atoms with E-state index in [9.17, 15) is 9.18 Å². The van der Waals surface area contributed by atoms with Crippen molar-refractivity contribution in [2.75, 3.05) is 20.2 Å². The Morgan fingerprint density at radius 3 is 2.46 bits per heavy atom. The molecule has 0 saturated carbocycles. The first-order chi connectivity index (χ1) is 11.6. The molecule has 0 unspecified atom stereocenters. The number of fused-ring (bicyclic) bond motifs is 1. The summed E-state index contributed by atoms with van der Waals surface area (Å²) in [4.78, 5) is 14.1. The fourth-order valence-electron chi connectivity index (χ4n) is 2.48. The van der Waals surface area contributed by atoms with E-state index in [1.807, 2.05) is 42.5 Å². The third-order valence-corrected chi connectivity index (χ3v) is 3.85. The van der Waals surface area contributed by atoms with Crippen LogP contribution in [0, 0.1) is 5.82 Å². The molecule has 4 heteroatoms. The van der Waals surface area contributed by atoms with E-state index in [4.69, 9.17) is 4.74 Å². The molecule has 3 aromatic rings. The van der Waals surface area contributed by atoms with Crippen LogP contribution in [-0.2, 0) is 0 Å². The van der Waals surface area contributed by atoms with Gasteiger partial charge < -0.3 is 9.64 Å². The number of likely N-dealkylation sites (N-methyl/N-ethyl adjacent to an activating group) is 1. The molecule has 0 radical (unpaired) electrons. The van der Waals surface area contributed by atoms with E-state index in [0.717, 1.165) is 10.8 Å². The second-order valence-corrected chi connectivity index (χ2v) is 5.59. The summed E-state index contributed by atoms with van der Waals surface area (Å²) < 4.78 is 18.4. The van der Waals surface area contributed by atoms with Crippen LogP contribution in [0.3, 0.4) is 0 Å². The predicted molar refractivity (Wildman–Crippen MR) is 92.8 cm³/mol. The molecule has 1 amide bonds. The number of hydrogen-bond acceptors (Lipinski definition) is 2. The first kappa shape index (κ1) is 16.0. The average Bonchev–Trinajstić information content (AvgIpc) is 2.62. The van der Waals surface area contributed by atoms with E-state index in [0.29, 0.717) is 24.5 Å². The SMILES string of the molecule is CN(CCOc1ccc(F)cc1)C(=O)c1ccc2ccccc2c1. The topological polar surface area (TPSA) is 29.5 Å². The van der Waals surface area contributed by atoms with Gasteiger partial charge in [-0.05, 0) is 47.2 Å². The number of benzene rings is 3. The Balaban J connectivity index is 1.60. The van der Waals surface area contributed by atoms with Crippen LogP contribution in [0.25, 0.3) is 10.8 Å². The molecule has 0 spiro atoms. The third-order valence-electron chi connectivity index (χ3n) is 3.85. The van der Waals surface area contributed by atoms with E-state index in [-0.39, 0.29) is 11.7 Å². The van der Waals surface area contributed by atoms with E-state index in [2.05, 4.69) is 0 Å². The summed E-state index contributed by atoms with van der Waals surface area (Å²) in [7, 11) is 1.74. The van der Waals surface area contributed by atoms with Gasteiger partial charge in [-0.2, -0.15) is 0 Å². The van der Waals surface area contributed by atoms with Crippen LogP contribution >= 0.6 is 0 Å². The summed E-state index contributed by atoms with van der Waals surface area (Å²) >= 11 is 0. The minimum absolute atomic E-state index is 0.0524.